The van der Waals surface area contributed by atoms with Gasteiger partial charge in [0.15, 0.2) is 5.78 Å². The Hall–Kier alpha value is -5.14. The summed E-state index contributed by atoms with van der Waals surface area (Å²) in [6.45, 7) is 4.49. The molecule has 3 heterocycles. The van der Waals surface area contributed by atoms with Crippen molar-refractivity contribution < 1.29 is 14.2 Å². The molecule has 4 aromatic carbocycles. The molecule has 0 radical (unpaired) electrons. The highest BCUT2D eigenvalue weighted by Crippen LogP contribution is 2.46. The number of ketones is 2. The first-order chi connectivity index (χ1) is 22.5. The summed E-state index contributed by atoms with van der Waals surface area (Å²) in [5.74, 6) is 0.986. The quantitative estimate of drug-likeness (QED) is 0.199. The lowest BCUT2D eigenvalue weighted by Gasteiger charge is -2.36. The fraction of sp³-hybridized carbons (Fsp3) is 0.154. The number of rotatable bonds is 4. The summed E-state index contributed by atoms with van der Waals surface area (Å²) in [5.41, 5.74) is 6.69. The van der Waals surface area contributed by atoms with Crippen LogP contribution in [0.3, 0.4) is 0 Å². The van der Waals surface area contributed by atoms with Gasteiger partial charge in [-0.25, -0.2) is 0 Å². The number of anilines is 2. The molecule has 226 valence electrons. The van der Waals surface area contributed by atoms with Crippen LogP contribution in [0.1, 0.15) is 33.2 Å². The number of hydrogen-bond donors (Lipinski definition) is 0. The van der Waals surface area contributed by atoms with E-state index in [2.05, 4.69) is 111 Å². The first-order valence-corrected chi connectivity index (χ1v) is 16.5. The van der Waals surface area contributed by atoms with Crippen LogP contribution in [0.4, 0.5) is 11.5 Å². The standard InChI is InChI=1S/C39H33N4O2S/c1-26-37(39(45)31-16-7-6-15-30(31)38(26)44)42-22-20-41(21-23-42)35-24-27(25-36-40(2)33-18-10-11-19-34(33)46-36)29-14-8-9-17-32(29)43(35)28-12-4-3-5-13-28/h3-19,24-25H,20-23H2,1-2H3/q+1. The number of para-hydroxylation sites is 3. The van der Waals surface area contributed by atoms with Crippen LogP contribution in [-0.4, -0.2) is 49.7 Å². The third-order valence-corrected chi connectivity index (χ3v) is 10.4. The van der Waals surface area contributed by atoms with Gasteiger partial charge in [0.25, 0.3) is 5.82 Å². The number of benzene rings is 4. The second kappa shape index (κ2) is 11.3. The number of nitrogens with zero attached hydrogens (tertiary/aromatic N) is 4. The number of aromatic nitrogens is 1. The van der Waals surface area contributed by atoms with E-state index in [-0.39, 0.29) is 11.6 Å². The first kappa shape index (κ1) is 28.3. The maximum atomic E-state index is 13.6. The van der Waals surface area contributed by atoms with E-state index >= 15 is 0 Å². The first-order valence-electron chi connectivity index (χ1n) is 15.6. The summed E-state index contributed by atoms with van der Waals surface area (Å²) in [4.78, 5) is 34.9. The van der Waals surface area contributed by atoms with Crippen LogP contribution in [-0.2, 0) is 0 Å². The number of carbonyl (C=O) groups is 2. The number of hydrogen-bond acceptors (Lipinski definition) is 6. The van der Waals surface area contributed by atoms with Crippen molar-refractivity contribution in [2.24, 2.45) is 0 Å². The Labute approximate surface area is 272 Å². The lowest BCUT2D eigenvalue weighted by Crippen LogP contribution is -2.52. The van der Waals surface area contributed by atoms with Gasteiger partial charge in [0.1, 0.15) is 24.3 Å². The van der Waals surface area contributed by atoms with Gasteiger partial charge < -0.3 is 9.80 Å². The molecule has 0 bridgehead atoms. The molecular weight excluding hydrogens is 589 g/mol. The highest BCUT2D eigenvalue weighted by Gasteiger charge is 2.36. The van der Waals surface area contributed by atoms with Crippen molar-refractivity contribution in [1.29, 1.82) is 0 Å². The molecule has 8 rings (SSSR count). The summed E-state index contributed by atoms with van der Waals surface area (Å²) < 4.78 is 2.35. The highest BCUT2D eigenvalue weighted by molar-refractivity contribution is 8.03. The molecule has 0 atom stereocenters. The van der Waals surface area contributed by atoms with Gasteiger partial charge in [-0.2, -0.15) is 4.57 Å². The fourth-order valence-electron chi connectivity index (χ4n) is 6.92. The van der Waals surface area contributed by atoms with Crippen LogP contribution in [0.25, 0.3) is 22.7 Å². The van der Waals surface area contributed by atoms with E-state index in [1.54, 1.807) is 30.8 Å². The van der Waals surface area contributed by atoms with Gasteiger partial charge in [-0.05, 0) is 48.9 Å². The number of Topliss-reactive ketones (excluding diaryl/α,β-unsaturated/α-hetero) is 2. The number of carbonyl (C=O) groups excluding carboxylic acids is 2. The highest BCUT2D eigenvalue weighted by atomic mass is 32.2. The Balaban J connectivity index is 1.19. The monoisotopic (exact) mass is 621 g/mol. The zero-order valence-corrected chi connectivity index (χ0v) is 26.6. The van der Waals surface area contributed by atoms with Crippen LogP contribution < -0.4 is 14.4 Å². The van der Waals surface area contributed by atoms with E-state index in [0.29, 0.717) is 48.6 Å². The average Bonchev–Trinajstić information content (AvgIpc) is 3.42. The van der Waals surface area contributed by atoms with Crippen molar-refractivity contribution in [2.45, 2.75) is 11.8 Å². The summed E-state index contributed by atoms with van der Waals surface area (Å²) >= 11 is 1.80. The van der Waals surface area contributed by atoms with Crippen molar-refractivity contribution in [3.63, 3.8) is 0 Å². The van der Waals surface area contributed by atoms with Crippen LogP contribution in [0.5, 0.6) is 0 Å². The second-order valence-electron chi connectivity index (χ2n) is 11.9. The molecule has 7 heteroatoms. The number of allylic oxidation sites excluding steroid dienone is 2. The smallest absolute Gasteiger partial charge is 0.282 e. The summed E-state index contributed by atoms with van der Waals surface area (Å²) in [6, 6.07) is 37.1. The van der Waals surface area contributed by atoms with Gasteiger partial charge in [0, 0.05) is 40.1 Å². The third kappa shape index (κ3) is 4.62. The van der Waals surface area contributed by atoms with Gasteiger partial charge in [0.05, 0.1) is 29.5 Å². The molecule has 3 aliphatic rings. The predicted molar refractivity (Wildman–Crippen MR) is 186 cm³/mol. The molecule has 0 saturated carbocycles. The SMILES string of the molecule is CC1=C(N2CCN(c3cc(C=C4Sc5ccccc5N4C)c4ccccc4[n+]3-c3ccccc3)CC2)C(=O)c2ccccc2C1=O. The Morgan fingerprint density at radius 3 is 2.11 bits per heavy atom. The Kier molecular flexibility index (Phi) is 6.99. The predicted octanol–water partition coefficient (Wildman–Crippen LogP) is 7.13. The zero-order valence-electron chi connectivity index (χ0n) is 25.8. The Bertz CT molecular complexity index is 2110. The maximum Gasteiger partial charge on any atom is 0.282 e. The number of pyridine rings is 1. The topological polar surface area (TPSA) is 47.7 Å². The second-order valence-corrected chi connectivity index (χ2v) is 13.0. The maximum absolute atomic E-state index is 13.6. The van der Waals surface area contributed by atoms with E-state index in [0.717, 1.165) is 22.6 Å². The molecule has 1 aromatic heterocycles. The summed E-state index contributed by atoms with van der Waals surface area (Å²) in [5, 5.41) is 2.36. The van der Waals surface area contributed by atoms with Crippen molar-refractivity contribution >= 4 is 51.8 Å². The molecule has 1 saturated heterocycles. The van der Waals surface area contributed by atoms with Crippen molar-refractivity contribution in [3.8, 4) is 5.69 Å². The molecule has 0 spiro atoms. The molecule has 1 fully saturated rings. The third-order valence-electron chi connectivity index (χ3n) is 9.28. The minimum atomic E-state index is -0.0568. The lowest BCUT2D eigenvalue weighted by atomic mass is 9.87. The van der Waals surface area contributed by atoms with Crippen molar-refractivity contribution in [1.82, 2.24) is 4.90 Å². The molecule has 5 aromatic rings. The number of piperazine rings is 1. The van der Waals surface area contributed by atoms with E-state index in [1.165, 1.54) is 21.0 Å². The fourth-order valence-corrected chi connectivity index (χ4v) is 8.03. The van der Waals surface area contributed by atoms with Gasteiger partial charge in [-0.1, -0.05) is 84.6 Å². The molecule has 0 N–H and O–H groups in total. The van der Waals surface area contributed by atoms with E-state index in [4.69, 9.17) is 0 Å². The minimum absolute atomic E-state index is 0.0562. The van der Waals surface area contributed by atoms with E-state index in [9.17, 15) is 9.59 Å². The van der Waals surface area contributed by atoms with Crippen LogP contribution in [0.2, 0.25) is 0 Å². The zero-order chi connectivity index (χ0) is 31.4. The summed E-state index contributed by atoms with van der Waals surface area (Å²) in [7, 11) is 2.13. The molecule has 6 nitrogen and oxygen atoms in total. The molecule has 2 aliphatic heterocycles. The van der Waals surface area contributed by atoms with Crippen LogP contribution >= 0.6 is 11.8 Å². The Morgan fingerprint density at radius 1 is 0.717 bits per heavy atom. The number of fused-ring (bicyclic) bond motifs is 3. The summed E-state index contributed by atoms with van der Waals surface area (Å²) in [6.07, 6.45) is 2.31. The van der Waals surface area contributed by atoms with Gasteiger partial charge in [0.2, 0.25) is 5.78 Å². The Morgan fingerprint density at radius 2 is 1.35 bits per heavy atom. The molecule has 1 aliphatic carbocycles. The van der Waals surface area contributed by atoms with Gasteiger partial charge in [-0.3, -0.25) is 14.5 Å². The van der Waals surface area contributed by atoms with Crippen LogP contribution in [0, 0.1) is 0 Å². The molecular formula is C39H33N4O2S+. The molecule has 0 amide bonds. The van der Waals surface area contributed by atoms with Crippen LogP contribution in [0.15, 0.2) is 130 Å². The van der Waals surface area contributed by atoms with Gasteiger partial charge >= 0.3 is 0 Å². The van der Waals surface area contributed by atoms with Gasteiger partial charge in [-0.15, -0.1) is 0 Å². The van der Waals surface area contributed by atoms with E-state index in [1.807, 2.05) is 18.2 Å². The molecule has 0 unspecified atom stereocenters. The van der Waals surface area contributed by atoms with Crippen molar-refractivity contribution in [2.75, 3.05) is 43.0 Å². The largest absolute Gasteiger partial charge is 0.360 e. The van der Waals surface area contributed by atoms with E-state index < -0.39 is 0 Å². The lowest BCUT2D eigenvalue weighted by molar-refractivity contribution is -0.554. The molecule has 46 heavy (non-hydrogen) atoms. The normalized spacial score (nSPS) is 17.3. The average molecular weight is 622 g/mol. The number of thioether (sulfide) groups is 1. The van der Waals surface area contributed by atoms with Crippen molar-refractivity contribution in [3.05, 3.63) is 142 Å². The minimum Gasteiger partial charge on any atom is -0.360 e.